The number of amides is 1. The third kappa shape index (κ3) is 3.75. The Kier molecular flexibility index (Phi) is 4.69. The van der Waals surface area contributed by atoms with Gasteiger partial charge in [-0.1, -0.05) is 6.07 Å². The second-order valence-electron chi connectivity index (χ2n) is 6.01. The van der Waals surface area contributed by atoms with Crippen LogP contribution in [-0.2, 0) is 6.42 Å². The standard InChI is InChI=1S/C17H19F2N3O/c18-14-6-5-12(8-15(14)19)3-4-13-2-1-7-22(10-13)17(23)16-9-20-11-21-16/h5-6,8-9,11,13H,1-4,7,10H2,(H,20,21). The summed E-state index contributed by atoms with van der Waals surface area (Å²) >= 11 is 0. The summed E-state index contributed by atoms with van der Waals surface area (Å²) in [5, 5.41) is 0. The number of nitrogens with zero attached hydrogens (tertiary/aromatic N) is 2. The van der Waals surface area contributed by atoms with Crippen LogP contribution in [0.4, 0.5) is 8.78 Å². The number of rotatable bonds is 4. The van der Waals surface area contributed by atoms with Gasteiger partial charge in [0.05, 0.1) is 12.5 Å². The second kappa shape index (κ2) is 6.89. The Morgan fingerprint density at radius 1 is 1.35 bits per heavy atom. The van der Waals surface area contributed by atoms with Crippen LogP contribution >= 0.6 is 0 Å². The minimum Gasteiger partial charge on any atom is -0.341 e. The number of carbonyl (C=O) groups excluding carboxylic acids is 1. The normalized spacial score (nSPS) is 18.2. The van der Waals surface area contributed by atoms with Crippen LogP contribution < -0.4 is 0 Å². The highest BCUT2D eigenvalue weighted by Gasteiger charge is 2.25. The molecule has 2 aromatic rings. The first kappa shape index (κ1) is 15.6. The Morgan fingerprint density at radius 2 is 2.22 bits per heavy atom. The van der Waals surface area contributed by atoms with Crippen LogP contribution in [0.5, 0.6) is 0 Å². The molecule has 0 aliphatic carbocycles. The van der Waals surface area contributed by atoms with E-state index in [1.807, 2.05) is 4.90 Å². The number of benzene rings is 1. The van der Waals surface area contributed by atoms with Crippen molar-refractivity contribution in [3.8, 4) is 0 Å². The summed E-state index contributed by atoms with van der Waals surface area (Å²) in [6.45, 7) is 1.45. The summed E-state index contributed by atoms with van der Waals surface area (Å²) in [6.07, 6.45) is 6.59. The molecule has 0 spiro atoms. The van der Waals surface area contributed by atoms with Crippen molar-refractivity contribution in [1.29, 1.82) is 0 Å². The van der Waals surface area contributed by atoms with E-state index >= 15 is 0 Å². The lowest BCUT2D eigenvalue weighted by molar-refractivity contribution is 0.0663. The van der Waals surface area contributed by atoms with E-state index in [0.717, 1.165) is 31.4 Å². The molecule has 6 heteroatoms. The quantitative estimate of drug-likeness (QED) is 0.941. The fourth-order valence-corrected chi connectivity index (χ4v) is 3.09. The van der Waals surface area contributed by atoms with Crippen molar-refractivity contribution < 1.29 is 13.6 Å². The van der Waals surface area contributed by atoms with E-state index in [1.165, 1.54) is 24.7 Å². The van der Waals surface area contributed by atoms with Gasteiger partial charge in [-0.05, 0) is 49.3 Å². The summed E-state index contributed by atoms with van der Waals surface area (Å²) in [7, 11) is 0. The molecule has 1 saturated heterocycles. The summed E-state index contributed by atoms with van der Waals surface area (Å²) < 4.78 is 26.2. The Balaban J connectivity index is 1.56. The van der Waals surface area contributed by atoms with Crippen molar-refractivity contribution in [2.45, 2.75) is 25.7 Å². The van der Waals surface area contributed by atoms with Crippen LogP contribution in [0.25, 0.3) is 0 Å². The molecule has 1 aliphatic rings. The first-order valence-corrected chi connectivity index (χ1v) is 7.85. The third-order valence-electron chi connectivity index (χ3n) is 4.36. The van der Waals surface area contributed by atoms with Crippen LogP contribution in [0.3, 0.4) is 0 Å². The molecule has 2 heterocycles. The van der Waals surface area contributed by atoms with Crippen molar-refractivity contribution in [2.24, 2.45) is 5.92 Å². The number of piperidine rings is 1. The molecule has 0 saturated carbocycles. The van der Waals surface area contributed by atoms with Gasteiger partial charge in [0, 0.05) is 13.1 Å². The van der Waals surface area contributed by atoms with Crippen LogP contribution in [0.1, 0.15) is 35.3 Å². The zero-order chi connectivity index (χ0) is 16.2. The van der Waals surface area contributed by atoms with Gasteiger partial charge >= 0.3 is 0 Å². The lowest BCUT2D eigenvalue weighted by Crippen LogP contribution is -2.40. The maximum atomic E-state index is 13.2. The molecule has 4 nitrogen and oxygen atoms in total. The Hall–Kier alpha value is -2.24. The van der Waals surface area contributed by atoms with Gasteiger partial charge in [-0.25, -0.2) is 13.8 Å². The van der Waals surface area contributed by atoms with Crippen LogP contribution in [0.15, 0.2) is 30.7 Å². The number of likely N-dealkylation sites (tertiary alicyclic amines) is 1. The van der Waals surface area contributed by atoms with Crippen LogP contribution in [-0.4, -0.2) is 33.9 Å². The molecule has 1 amide bonds. The molecular weight excluding hydrogens is 300 g/mol. The van der Waals surface area contributed by atoms with Crippen LogP contribution in [0.2, 0.25) is 0 Å². The average Bonchev–Trinajstić information content (AvgIpc) is 3.10. The number of nitrogens with one attached hydrogen (secondary N) is 1. The summed E-state index contributed by atoms with van der Waals surface area (Å²) in [6, 6.07) is 4.04. The number of hydrogen-bond acceptors (Lipinski definition) is 2. The number of aryl methyl sites for hydroxylation is 1. The molecule has 1 fully saturated rings. The summed E-state index contributed by atoms with van der Waals surface area (Å²) in [4.78, 5) is 20.9. The number of carbonyl (C=O) groups is 1. The minimum absolute atomic E-state index is 0.0278. The first-order chi connectivity index (χ1) is 11.1. The van der Waals surface area contributed by atoms with Crippen LogP contribution in [0, 0.1) is 17.6 Å². The lowest BCUT2D eigenvalue weighted by atomic mass is 9.91. The molecule has 1 aliphatic heterocycles. The Labute approximate surface area is 133 Å². The van der Waals surface area contributed by atoms with Crippen molar-refractivity contribution >= 4 is 5.91 Å². The van der Waals surface area contributed by atoms with Gasteiger partial charge in [-0.3, -0.25) is 4.79 Å². The third-order valence-corrected chi connectivity index (χ3v) is 4.36. The van der Waals surface area contributed by atoms with E-state index in [9.17, 15) is 13.6 Å². The predicted octanol–water partition coefficient (Wildman–Crippen LogP) is 3.17. The average molecular weight is 319 g/mol. The van der Waals surface area contributed by atoms with Crippen molar-refractivity contribution in [2.75, 3.05) is 13.1 Å². The Bertz CT molecular complexity index is 672. The number of H-pyrrole nitrogens is 1. The lowest BCUT2D eigenvalue weighted by Gasteiger charge is -2.32. The largest absolute Gasteiger partial charge is 0.341 e. The predicted molar refractivity (Wildman–Crippen MR) is 81.9 cm³/mol. The summed E-state index contributed by atoms with van der Waals surface area (Å²) in [5.74, 6) is -1.27. The molecule has 1 unspecified atom stereocenters. The van der Waals surface area contributed by atoms with E-state index in [0.29, 0.717) is 24.6 Å². The molecular formula is C17H19F2N3O. The Morgan fingerprint density at radius 3 is 2.96 bits per heavy atom. The highest BCUT2D eigenvalue weighted by Crippen LogP contribution is 2.23. The summed E-state index contributed by atoms with van der Waals surface area (Å²) in [5.41, 5.74) is 1.30. The van der Waals surface area contributed by atoms with Gasteiger partial charge in [0.15, 0.2) is 11.6 Å². The van der Waals surface area contributed by atoms with Crippen molar-refractivity contribution in [1.82, 2.24) is 14.9 Å². The molecule has 0 radical (unpaired) electrons. The molecule has 3 rings (SSSR count). The van der Waals surface area contributed by atoms with Gasteiger partial charge in [0.25, 0.3) is 5.91 Å². The highest BCUT2D eigenvalue weighted by atomic mass is 19.2. The minimum atomic E-state index is -0.817. The molecule has 1 aromatic heterocycles. The smallest absolute Gasteiger partial charge is 0.271 e. The van der Waals surface area contributed by atoms with E-state index in [-0.39, 0.29) is 5.91 Å². The fraction of sp³-hybridized carbons (Fsp3) is 0.412. The van der Waals surface area contributed by atoms with Gasteiger partial charge < -0.3 is 9.88 Å². The van der Waals surface area contributed by atoms with E-state index < -0.39 is 11.6 Å². The zero-order valence-corrected chi connectivity index (χ0v) is 12.8. The highest BCUT2D eigenvalue weighted by molar-refractivity contribution is 5.92. The van der Waals surface area contributed by atoms with E-state index in [2.05, 4.69) is 9.97 Å². The molecule has 1 N–H and O–H groups in total. The number of halogens is 2. The molecule has 23 heavy (non-hydrogen) atoms. The van der Waals surface area contributed by atoms with Crippen molar-refractivity contribution in [3.63, 3.8) is 0 Å². The molecule has 1 aromatic carbocycles. The maximum Gasteiger partial charge on any atom is 0.271 e. The molecule has 122 valence electrons. The van der Waals surface area contributed by atoms with Crippen molar-refractivity contribution in [3.05, 3.63) is 53.6 Å². The number of hydrogen-bond donors (Lipinski definition) is 1. The number of imidazole rings is 1. The molecule has 1 atom stereocenters. The topological polar surface area (TPSA) is 49.0 Å². The maximum absolute atomic E-state index is 13.2. The fourth-order valence-electron chi connectivity index (χ4n) is 3.09. The van der Waals surface area contributed by atoms with E-state index in [4.69, 9.17) is 0 Å². The van der Waals surface area contributed by atoms with Gasteiger partial charge in [-0.15, -0.1) is 0 Å². The number of aromatic nitrogens is 2. The zero-order valence-electron chi connectivity index (χ0n) is 12.8. The van der Waals surface area contributed by atoms with E-state index in [1.54, 1.807) is 6.07 Å². The number of aromatic amines is 1. The first-order valence-electron chi connectivity index (χ1n) is 7.85. The second-order valence-corrected chi connectivity index (χ2v) is 6.01. The van der Waals surface area contributed by atoms with Gasteiger partial charge in [-0.2, -0.15) is 0 Å². The van der Waals surface area contributed by atoms with Gasteiger partial charge in [0.1, 0.15) is 5.69 Å². The molecule has 0 bridgehead atoms. The monoisotopic (exact) mass is 319 g/mol. The SMILES string of the molecule is O=C(c1cnc[nH]1)N1CCCC(CCc2ccc(F)c(F)c2)C1. The van der Waals surface area contributed by atoms with Gasteiger partial charge in [0.2, 0.25) is 0 Å².